The van der Waals surface area contributed by atoms with Crippen LogP contribution in [0.25, 0.3) is 0 Å². The lowest BCUT2D eigenvalue weighted by atomic mass is 9.93. The minimum absolute atomic E-state index is 0.0606. The van der Waals surface area contributed by atoms with Gasteiger partial charge in [0.1, 0.15) is 5.75 Å². The van der Waals surface area contributed by atoms with E-state index < -0.39 is 22.0 Å². The monoisotopic (exact) mass is 245 g/mol. The quantitative estimate of drug-likeness (QED) is 0.694. The lowest BCUT2D eigenvalue weighted by Crippen LogP contribution is -2.37. The number of hydrogen-bond donors (Lipinski definition) is 3. The van der Waals surface area contributed by atoms with Crippen LogP contribution in [0.2, 0.25) is 0 Å². The van der Waals surface area contributed by atoms with E-state index in [1.807, 2.05) is 0 Å². The number of phenolic OH excluding ortho intramolecular Hbond substituents is 1. The Hall–Kier alpha value is -1.11. The van der Waals surface area contributed by atoms with Crippen LogP contribution in [-0.4, -0.2) is 31.5 Å². The Morgan fingerprint density at radius 2 is 2.00 bits per heavy atom. The van der Waals surface area contributed by atoms with Crippen LogP contribution in [0.15, 0.2) is 23.1 Å². The molecule has 1 atom stereocenters. The van der Waals surface area contributed by atoms with Crippen molar-refractivity contribution in [2.45, 2.75) is 17.4 Å². The Bertz CT molecular complexity index is 494. The summed E-state index contributed by atoms with van der Waals surface area (Å²) in [6.45, 7) is 1.11. The van der Waals surface area contributed by atoms with Gasteiger partial charge in [-0.05, 0) is 25.1 Å². The van der Waals surface area contributed by atoms with Gasteiger partial charge in [0.2, 0.25) is 0 Å². The molecular formula is C10H15NO4S. The number of aliphatic hydroxyl groups excluding tert-OH is 1. The van der Waals surface area contributed by atoms with E-state index in [1.165, 1.54) is 25.1 Å². The lowest BCUT2D eigenvalue weighted by molar-refractivity contribution is 0.206. The normalized spacial score (nSPS) is 15.8. The second kappa shape index (κ2) is 4.04. The number of rotatable bonds is 3. The number of aliphatic hydroxyl groups is 1. The van der Waals surface area contributed by atoms with Crippen molar-refractivity contribution in [3.05, 3.63) is 23.8 Å². The van der Waals surface area contributed by atoms with Gasteiger partial charge in [-0.1, -0.05) is 0 Å². The molecule has 0 aliphatic carbocycles. The van der Waals surface area contributed by atoms with Gasteiger partial charge in [-0.15, -0.1) is 0 Å². The third-order valence-electron chi connectivity index (χ3n) is 2.34. The van der Waals surface area contributed by atoms with E-state index in [4.69, 9.17) is 10.8 Å². The summed E-state index contributed by atoms with van der Waals surface area (Å²) in [5.41, 5.74) is 4.78. The minimum atomic E-state index is -3.36. The maximum atomic E-state index is 11.3. The highest BCUT2D eigenvalue weighted by atomic mass is 32.2. The average molecular weight is 245 g/mol. The molecule has 0 radical (unpaired) electrons. The largest absolute Gasteiger partial charge is 0.508 e. The second-order valence-electron chi connectivity index (χ2n) is 4.03. The maximum absolute atomic E-state index is 11.3. The molecule has 0 saturated heterocycles. The zero-order valence-electron chi connectivity index (χ0n) is 9.14. The third kappa shape index (κ3) is 2.52. The molecular weight excluding hydrogens is 230 g/mol. The summed E-state index contributed by atoms with van der Waals surface area (Å²) in [7, 11) is -3.36. The van der Waals surface area contributed by atoms with Gasteiger partial charge < -0.3 is 15.9 Å². The zero-order valence-corrected chi connectivity index (χ0v) is 9.95. The Morgan fingerprint density at radius 1 is 1.44 bits per heavy atom. The van der Waals surface area contributed by atoms with E-state index in [2.05, 4.69) is 0 Å². The molecule has 0 unspecified atom stereocenters. The number of benzene rings is 1. The molecule has 16 heavy (non-hydrogen) atoms. The first-order chi connectivity index (χ1) is 7.18. The SMILES string of the molecule is C[C@](N)(CO)c1cc(S(C)(=O)=O)ccc1O. The molecule has 0 fully saturated rings. The highest BCUT2D eigenvalue weighted by Gasteiger charge is 2.25. The Labute approximate surface area is 94.4 Å². The van der Waals surface area contributed by atoms with E-state index in [-0.39, 0.29) is 16.2 Å². The third-order valence-corrected chi connectivity index (χ3v) is 3.45. The molecule has 0 aliphatic rings. The van der Waals surface area contributed by atoms with Gasteiger partial charge in [-0.25, -0.2) is 8.42 Å². The fraction of sp³-hybridized carbons (Fsp3) is 0.400. The van der Waals surface area contributed by atoms with E-state index in [9.17, 15) is 13.5 Å². The molecule has 4 N–H and O–H groups in total. The van der Waals surface area contributed by atoms with Crippen LogP contribution in [-0.2, 0) is 15.4 Å². The molecule has 1 aromatic carbocycles. The van der Waals surface area contributed by atoms with E-state index in [1.54, 1.807) is 0 Å². The number of aromatic hydroxyl groups is 1. The minimum Gasteiger partial charge on any atom is -0.508 e. The van der Waals surface area contributed by atoms with Crippen molar-refractivity contribution in [1.82, 2.24) is 0 Å². The van der Waals surface area contributed by atoms with Crippen LogP contribution in [0.1, 0.15) is 12.5 Å². The van der Waals surface area contributed by atoms with E-state index in [0.29, 0.717) is 0 Å². The standard InChI is InChI=1S/C10H15NO4S/c1-10(11,6-12)8-5-7(16(2,14)15)3-4-9(8)13/h3-5,12-13H,6,11H2,1-2H3/t10-/m0/s1. The highest BCUT2D eigenvalue weighted by molar-refractivity contribution is 7.90. The predicted molar refractivity (Wildman–Crippen MR) is 59.8 cm³/mol. The Balaban J connectivity index is 3.42. The highest BCUT2D eigenvalue weighted by Crippen LogP contribution is 2.29. The second-order valence-corrected chi connectivity index (χ2v) is 6.04. The molecule has 0 heterocycles. The van der Waals surface area contributed by atoms with Gasteiger partial charge in [-0.2, -0.15) is 0 Å². The smallest absolute Gasteiger partial charge is 0.175 e. The molecule has 6 heteroatoms. The molecule has 1 rings (SSSR count). The van der Waals surface area contributed by atoms with Crippen molar-refractivity contribution >= 4 is 9.84 Å². The molecule has 90 valence electrons. The van der Waals surface area contributed by atoms with E-state index >= 15 is 0 Å². The Morgan fingerprint density at radius 3 is 2.44 bits per heavy atom. The maximum Gasteiger partial charge on any atom is 0.175 e. The number of sulfone groups is 1. The van der Waals surface area contributed by atoms with Crippen molar-refractivity contribution in [2.75, 3.05) is 12.9 Å². The summed E-state index contributed by atoms with van der Waals surface area (Å²) >= 11 is 0. The van der Waals surface area contributed by atoms with Crippen LogP contribution in [0.4, 0.5) is 0 Å². The van der Waals surface area contributed by atoms with Crippen molar-refractivity contribution in [1.29, 1.82) is 0 Å². The van der Waals surface area contributed by atoms with Crippen LogP contribution in [0, 0.1) is 0 Å². The molecule has 0 spiro atoms. The molecule has 5 nitrogen and oxygen atoms in total. The number of hydrogen-bond acceptors (Lipinski definition) is 5. The summed E-state index contributed by atoms with van der Waals surface area (Å²) in [6.07, 6.45) is 1.07. The molecule has 0 saturated carbocycles. The van der Waals surface area contributed by atoms with Gasteiger partial charge in [0.15, 0.2) is 9.84 Å². The van der Waals surface area contributed by atoms with Gasteiger partial charge in [0.05, 0.1) is 17.0 Å². The molecule has 1 aromatic rings. The van der Waals surface area contributed by atoms with Gasteiger partial charge >= 0.3 is 0 Å². The summed E-state index contributed by atoms with van der Waals surface area (Å²) in [5, 5.41) is 18.7. The first kappa shape index (κ1) is 13.0. The Kier molecular flexibility index (Phi) is 3.27. The first-order valence-electron chi connectivity index (χ1n) is 4.62. The molecule has 0 aliphatic heterocycles. The van der Waals surface area contributed by atoms with Gasteiger partial charge in [0, 0.05) is 11.8 Å². The summed E-state index contributed by atoms with van der Waals surface area (Å²) in [6, 6.07) is 3.83. The van der Waals surface area contributed by atoms with Crippen LogP contribution in [0.3, 0.4) is 0 Å². The van der Waals surface area contributed by atoms with Crippen LogP contribution >= 0.6 is 0 Å². The predicted octanol–water partition coefficient (Wildman–Crippen LogP) is -0.0381. The first-order valence-corrected chi connectivity index (χ1v) is 6.51. The summed E-state index contributed by atoms with van der Waals surface area (Å²) in [5.74, 6) is -0.133. The molecule has 0 amide bonds. The van der Waals surface area contributed by atoms with Gasteiger partial charge in [-0.3, -0.25) is 0 Å². The average Bonchev–Trinajstić information content (AvgIpc) is 2.16. The van der Waals surface area contributed by atoms with E-state index in [0.717, 1.165) is 6.26 Å². The summed E-state index contributed by atoms with van der Waals surface area (Å²) < 4.78 is 22.7. The van der Waals surface area contributed by atoms with Crippen LogP contribution < -0.4 is 5.73 Å². The fourth-order valence-electron chi connectivity index (χ4n) is 1.29. The molecule has 0 bridgehead atoms. The fourth-order valence-corrected chi connectivity index (χ4v) is 1.94. The summed E-state index contributed by atoms with van der Waals surface area (Å²) in [4.78, 5) is 0.0606. The zero-order chi connectivity index (χ0) is 12.6. The molecule has 0 aromatic heterocycles. The topological polar surface area (TPSA) is 101 Å². The van der Waals surface area contributed by atoms with Crippen molar-refractivity contribution in [3.8, 4) is 5.75 Å². The van der Waals surface area contributed by atoms with Crippen molar-refractivity contribution < 1.29 is 18.6 Å². The number of phenols is 1. The van der Waals surface area contributed by atoms with Crippen LogP contribution in [0.5, 0.6) is 5.75 Å². The van der Waals surface area contributed by atoms with Crippen molar-refractivity contribution in [2.24, 2.45) is 5.73 Å². The van der Waals surface area contributed by atoms with Gasteiger partial charge in [0.25, 0.3) is 0 Å². The number of nitrogens with two attached hydrogens (primary N) is 1. The lowest BCUT2D eigenvalue weighted by Gasteiger charge is -2.23. The van der Waals surface area contributed by atoms with Crippen molar-refractivity contribution in [3.63, 3.8) is 0 Å².